The Labute approximate surface area is 103 Å². The highest BCUT2D eigenvalue weighted by Gasteiger charge is 2.29. The minimum absolute atomic E-state index is 0.263. The van der Waals surface area contributed by atoms with Gasteiger partial charge in [-0.3, -0.25) is 4.90 Å². The Hall–Kier alpha value is -1.06. The van der Waals surface area contributed by atoms with Gasteiger partial charge in [0.1, 0.15) is 5.75 Å². The van der Waals surface area contributed by atoms with Crippen molar-refractivity contribution in [2.75, 3.05) is 13.7 Å². The van der Waals surface area contributed by atoms with Crippen molar-refractivity contribution in [3.05, 3.63) is 29.8 Å². The molecule has 1 fully saturated rings. The molecule has 1 aliphatic rings. The maximum atomic E-state index is 9.51. The largest absolute Gasteiger partial charge is 0.497 e. The average Bonchev–Trinajstić information content (AvgIpc) is 3.12. The normalized spacial score (nSPS) is 17.2. The fourth-order valence-corrected chi connectivity index (χ4v) is 2.13. The molecule has 0 saturated heterocycles. The molecule has 0 bridgehead atoms. The minimum Gasteiger partial charge on any atom is -0.497 e. The number of aliphatic hydroxyl groups is 1. The van der Waals surface area contributed by atoms with Crippen LogP contribution in [0.3, 0.4) is 0 Å². The van der Waals surface area contributed by atoms with Crippen molar-refractivity contribution in [2.45, 2.75) is 38.5 Å². The first kappa shape index (κ1) is 12.4. The van der Waals surface area contributed by atoms with Crippen molar-refractivity contribution in [2.24, 2.45) is 0 Å². The highest BCUT2D eigenvalue weighted by molar-refractivity contribution is 5.28. The van der Waals surface area contributed by atoms with E-state index in [2.05, 4.69) is 17.0 Å². The molecular formula is C14H21NO2. The molecule has 0 heterocycles. The third-order valence-corrected chi connectivity index (χ3v) is 3.08. The van der Waals surface area contributed by atoms with E-state index in [0.717, 1.165) is 18.8 Å². The Balaban J connectivity index is 2.00. The fourth-order valence-electron chi connectivity index (χ4n) is 2.13. The predicted octanol–water partition coefficient (Wildman–Crippen LogP) is 2.04. The number of ether oxygens (including phenoxy) is 1. The van der Waals surface area contributed by atoms with Crippen molar-refractivity contribution in [3.8, 4) is 5.75 Å². The molecule has 3 nitrogen and oxygen atoms in total. The maximum Gasteiger partial charge on any atom is 0.119 e. The highest BCUT2D eigenvalue weighted by Crippen LogP contribution is 2.28. The van der Waals surface area contributed by atoms with Gasteiger partial charge in [0.2, 0.25) is 0 Å². The van der Waals surface area contributed by atoms with Gasteiger partial charge in [-0.15, -0.1) is 0 Å². The Bertz CT molecular complexity index is 361. The van der Waals surface area contributed by atoms with Gasteiger partial charge < -0.3 is 9.84 Å². The summed E-state index contributed by atoms with van der Waals surface area (Å²) in [5, 5.41) is 9.51. The van der Waals surface area contributed by atoms with Gasteiger partial charge in [0, 0.05) is 19.1 Å². The van der Waals surface area contributed by atoms with E-state index < -0.39 is 0 Å². The second-order valence-corrected chi connectivity index (χ2v) is 4.86. The molecule has 1 unspecified atom stereocenters. The first-order chi connectivity index (χ1) is 8.19. The minimum atomic E-state index is -0.263. The van der Waals surface area contributed by atoms with Crippen LogP contribution in [0.1, 0.15) is 25.3 Å². The standard InChI is InChI=1S/C14H21NO2/c1-11(16)9-15(13-6-7-13)10-12-4-3-5-14(8-12)17-2/h3-5,8,11,13,16H,6-7,9-10H2,1-2H3. The number of rotatable bonds is 6. The van der Waals surface area contributed by atoms with Crippen LogP contribution in [0.4, 0.5) is 0 Å². The lowest BCUT2D eigenvalue weighted by atomic mass is 10.2. The summed E-state index contributed by atoms with van der Waals surface area (Å²) in [6, 6.07) is 8.81. The maximum absolute atomic E-state index is 9.51. The summed E-state index contributed by atoms with van der Waals surface area (Å²) >= 11 is 0. The molecule has 0 aliphatic heterocycles. The zero-order chi connectivity index (χ0) is 12.3. The second-order valence-electron chi connectivity index (χ2n) is 4.86. The first-order valence-electron chi connectivity index (χ1n) is 6.24. The third kappa shape index (κ3) is 3.72. The summed E-state index contributed by atoms with van der Waals surface area (Å²) in [5.74, 6) is 0.898. The zero-order valence-electron chi connectivity index (χ0n) is 10.6. The fraction of sp³-hybridized carbons (Fsp3) is 0.571. The smallest absolute Gasteiger partial charge is 0.119 e. The number of benzene rings is 1. The molecule has 17 heavy (non-hydrogen) atoms. The summed E-state index contributed by atoms with van der Waals surface area (Å²) in [7, 11) is 1.69. The summed E-state index contributed by atoms with van der Waals surface area (Å²) in [5.41, 5.74) is 1.25. The molecule has 0 aromatic heterocycles. The van der Waals surface area contributed by atoms with Gasteiger partial charge in [-0.05, 0) is 37.5 Å². The molecule has 1 aromatic carbocycles. The van der Waals surface area contributed by atoms with Gasteiger partial charge in [-0.25, -0.2) is 0 Å². The van der Waals surface area contributed by atoms with E-state index in [-0.39, 0.29) is 6.10 Å². The van der Waals surface area contributed by atoms with Gasteiger partial charge in [0.05, 0.1) is 13.2 Å². The Kier molecular flexibility index (Phi) is 4.02. The van der Waals surface area contributed by atoms with Gasteiger partial charge in [-0.1, -0.05) is 12.1 Å². The van der Waals surface area contributed by atoms with Crippen molar-refractivity contribution >= 4 is 0 Å². The van der Waals surface area contributed by atoms with Crippen molar-refractivity contribution < 1.29 is 9.84 Å². The summed E-state index contributed by atoms with van der Waals surface area (Å²) in [4.78, 5) is 2.36. The number of methoxy groups -OCH3 is 1. The van der Waals surface area contributed by atoms with Crippen LogP contribution in [0.2, 0.25) is 0 Å². The van der Waals surface area contributed by atoms with E-state index in [9.17, 15) is 5.11 Å². The molecule has 1 atom stereocenters. The number of aliphatic hydroxyl groups excluding tert-OH is 1. The van der Waals surface area contributed by atoms with Gasteiger partial charge in [-0.2, -0.15) is 0 Å². The van der Waals surface area contributed by atoms with Crippen LogP contribution in [0.5, 0.6) is 5.75 Å². The number of hydrogen-bond acceptors (Lipinski definition) is 3. The van der Waals surface area contributed by atoms with Crippen LogP contribution in [-0.2, 0) is 6.54 Å². The van der Waals surface area contributed by atoms with Crippen LogP contribution < -0.4 is 4.74 Å². The van der Waals surface area contributed by atoms with Crippen LogP contribution in [-0.4, -0.2) is 35.8 Å². The van der Waals surface area contributed by atoms with Crippen molar-refractivity contribution in [1.29, 1.82) is 0 Å². The van der Waals surface area contributed by atoms with E-state index in [1.165, 1.54) is 18.4 Å². The highest BCUT2D eigenvalue weighted by atomic mass is 16.5. The van der Waals surface area contributed by atoms with Crippen LogP contribution in [0, 0.1) is 0 Å². The molecule has 1 N–H and O–H groups in total. The molecule has 2 rings (SSSR count). The predicted molar refractivity (Wildman–Crippen MR) is 68.1 cm³/mol. The van der Waals surface area contributed by atoms with Gasteiger partial charge in [0.15, 0.2) is 0 Å². The zero-order valence-corrected chi connectivity index (χ0v) is 10.6. The topological polar surface area (TPSA) is 32.7 Å². The van der Waals surface area contributed by atoms with Crippen LogP contribution in [0.15, 0.2) is 24.3 Å². The summed E-state index contributed by atoms with van der Waals surface area (Å²) in [6.45, 7) is 3.50. The Morgan fingerprint density at radius 2 is 2.24 bits per heavy atom. The molecule has 94 valence electrons. The second kappa shape index (κ2) is 5.52. The monoisotopic (exact) mass is 235 g/mol. The quantitative estimate of drug-likeness (QED) is 0.819. The van der Waals surface area contributed by atoms with E-state index in [4.69, 9.17) is 4.74 Å². The van der Waals surface area contributed by atoms with Gasteiger partial charge >= 0.3 is 0 Å². The van der Waals surface area contributed by atoms with Crippen LogP contribution in [0.25, 0.3) is 0 Å². The number of hydrogen-bond donors (Lipinski definition) is 1. The Morgan fingerprint density at radius 3 is 2.82 bits per heavy atom. The molecule has 0 amide bonds. The lowest BCUT2D eigenvalue weighted by Gasteiger charge is -2.23. The molecule has 0 radical (unpaired) electrons. The molecule has 3 heteroatoms. The van der Waals surface area contributed by atoms with E-state index in [1.807, 2.05) is 19.1 Å². The molecular weight excluding hydrogens is 214 g/mol. The Morgan fingerprint density at radius 1 is 1.47 bits per heavy atom. The summed E-state index contributed by atoms with van der Waals surface area (Å²) < 4.78 is 5.23. The van der Waals surface area contributed by atoms with Crippen molar-refractivity contribution in [1.82, 2.24) is 4.90 Å². The lowest BCUT2D eigenvalue weighted by Crippen LogP contribution is -2.32. The first-order valence-corrected chi connectivity index (χ1v) is 6.24. The molecule has 0 spiro atoms. The third-order valence-electron chi connectivity index (χ3n) is 3.08. The molecule has 1 aromatic rings. The number of nitrogens with zero attached hydrogens (tertiary/aromatic N) is 1. The van der Waals surface area contributed by atoms with Gasteiger partial charge in [0.25, 0.3) is 0 Å². The lowest BCUT2D eigenvalue weighted by molar-refractivity contribution is 0.117. The SMILES string of the molecule is COc1cccc(CN(CC(C)O)C2CC2)c1. The average molecular weight is 235 g/mol. The van der Waals surface area contributed by atoms with E-state index >= 15 is 0 Å². The van der Waals surface area contributed by atoms with Crippen LogP contribution >= 0.6 is 0 Å². The van der Waals surface area contributed by atoms with E-state index in [1.54, 1.807) is 7.11 Å². The van der Waals surface area contributed by atoms with Crippen molar-refractivity contribution in [3.63, 3.8) is 0 Å². The molecule has 1 aliphatic carbocycles. The summed E-state index contributed by atoms with van der Waals surface area (Å²) in [6.07, 6.45) is 2.26. The molecule has 1 saturated carbocycles. The van der Waals surface area contributed by atoms with E-state index in [0.29, 0.717) is 6.04 Å².